The lowest BCUT2D eigenvalue weighted by molar-refractivity contribution is 0.336. The Morgan fingerprint density at radius 3 is 2.56 bits per heavy atom. The highest BCUT2D eigenvalue weighted by Crippen LogP contribution is 2.42. The molecule has 0 saturated carbocycles. The number of aromatic nitrogens is 1. The first kappa shape index (κ1) is 21.1. The van der Waals surface area contributed by atoms with Crippen LogP contribution in [0.15, 0.2) is 71.6 Å². The van der Waals surface area contributed by atoms with Gasteiger partial charge in [0.15, 0.2) is 0 Å². The maximum absolute atomic E-state index is 14.0. The third-order valence-electron chi connectivity index (χ3n) is 6.10. The molecule has 164 valence electrons. The molecule has 2 heterocycles. The summed E-state index contributed by atoms with van der Waals surface area (Å²) in [5, 5.41) is 1.48. The Morgan fingerprint density at radius 2 is 1.81 bits per heavy atom. The molecule has 1 aliphatic rings. The highest BCUT2D eigenvalue weighted by Gasteiger charge is 2.40. The minimum atomic E-state index is -3.91. The molecular formula is C25H23ClN2O3S. The molecule has 0 fully saturated rings. The maximum atomic E-state index is 14.0. The number of H-pyrrole nitrogens is 1. The monoisotopic (exact) mass is 466 g/mol. The van der Waals surface area contributed by atoms with E-state index in [1.165, 1.54) is 13.2 Å². The lowest BCUT2D eigenvalue weighted by Gasteiger charge is -2.35. The van der Waals surface area contributed by atoms with E-state index < -0.39 is 16.1 Å². The van der Waals surface area contributed by atoms with Crippen molar-refractivity contribution in [2.45, 2.75) is 24.3 Å². The Bertz CT molecular complexity index is 1410. The Hall–Kier alpha value is -2.80. The quantitative estimate of drug-likeness (QED) is 0.433. The first-order chi connectivity index (χ1) is 15.4. The second kappa shape index (κ2) is 7.96. The van der Waals surface area contributed by atoms with Gasteiger partial charge < -0.3 is 9.72 Å². The van der Waals surface area contributed by atoms with Gasteiger partial charge in [-0.2, -0.15) is 4.31 Å². The van der Waals surface area contributed by atoms with Gasteiger partial charge in [0.1, 0.15) is 10.6 Å². The van der Waals surface area contributed by atoms with Crippen LogP contribution in [0.25, 0.3) is 10.9 Å². The number of fused-ring (bicyclic) bond motifs is 3. The van der Waals surface area contributed by atoms with Gasteiger partial charge in [-0.3, -0.25) is 0 Å². The number of sulfonamides is 1. The summed E-state index contributed by atoms with van der Waals surface area (Å²) >= 11 is 6.18. The number of hydrogen-bond donors (Lipinski definition) is 1. The van der Waals surface area contributed by atoms with Crippen molar-refractivity contribution in [3.8, 4) is 5.75 Å². The van der Waals surface area contributed by atoms with Gasteiger partial charge in [0.05, 0.1) is 13.2 Å². The summed E-state index contributed by atoms with van der Waals surface area (Å²) < 4.78 is 34.9. The van der Waals surface area contributed by atoms with Crippen LogP contribution in [0, 0.1) is 6.92 Å². The standard InChI is InChI=1S/C25H23ClN2O3S/c1-16-7-9-17(10-8-16)25-24-20(19-5-3-4-6-21(19)27-24)13-14-28(25)32(29,30)23-15-18(26)11-12-22(23)31-2/h3-12,15,25,27H,13-14H2,1-2H3/t25-/m0/s1. The summed E-state index contributed by atoms with van der Waals surface area (Å²) in [7, 11) is -2.45. The van der Waals surface area contributed by atoms with Crippen molar-refractivity contribution in [1.29, 1.82) is 0 Å². The summed E-state index contributed by atoms with van der Waals surface area (Å²) in [5.41, 5.74) is 5.11. The van der Waals surface area contributed by atoms with Crippen LogP contribution in [-0.2, 0) is 16.4 Å². The van der Waals surface area contributed by atoms with Gasteiger partial charge in [-0.1, -0.05) is 59.6 Å². The minimum Gasteiger partial charge on any atom is -0.495 e. The molecule has 1 atom stereocenters. The number of methoxy groups -OCH3 is 1. The molecule has 1 aliphatic heterocycles. The fourth-order valence-electron chi connectivity index (χ4n) is 4.54. The van der Waals surface area contributed by atoms with E-state index in [2.05, 4.69) is 11.1 Å². The zero-order chi connectivity index (χ0) is 22.5. The van der Waals surface area contributed by atoms with Crippen LogP contribution < -0.4 is 4.74 Å². The van der Waals surface area contributed by atoms with Crippen molar-refractivity contribution >= 4 is 32.5 Å². The minimum absolute atomic E-state index is 0.0733. The molecule has 0 spiro atoms. The number of benzene rings is 3. The molecule has 3 aromatic carbocycles. The van der Waals surface area contributed by atoms with Crippen molar-refractivity contribution in [3.63, 3.8) is 0 Å². The molecule has 5 rings (SSSR count). The Labute approximate surface area is 192 Å². The summed E-state index contributed by atoms with van der Waals surface area (Å²) in [5.74, 6) is 0.277. The largest absolute Gasteiger partial charge is 0.495 e. The van der Waals surface area contributed by atoms with Crippen LogP contribution in [-0.4, -0.2) is 31.4 Å². The predicted octanol–water partition coefficient (Wildman–Crippen LogP) is 5.47. The van der Waals surface area contributed by atoms with Gasteiger partial charge in [0.25, 0.3) is 0 Å². The van der Waals surface area contributed by atoms with Gasteiger partial charge in [0.2, 0.25) is 10.0 Å². The average Bonchev–Trinajstić information content (AvgIpc) is 3.18. The third-order valence-corrected chi connectivity index (χ3v) is 8.22. The van der Waals surface area contributed by atoms with E-state index in [9.17, 15) is 8.42 Å². The topological polar surface area (TPSA) is 62.4 Å². The SMILES string of the molecule is COc1ccc(Cl)cc1S(=O)(=O)N1CCc2c([nH]c3ccccc23)[C@@H]1c1ccc(C)cc1. The number of hydrogen-bond acceptors (Lipinski definition) is 3. The van der Waals surface area contributed by atoms with Gasteiger partial charge in [-0.25, -0.2) is 8.42 Å². The van der Waals surface area contributed by atoms with Crippen LogP contribution in [0.5, 0.6) is 5.75 Å². The molecular weight excluding hydrogens is 444 g/mol. The molecule has 4 aromatic rings. The molecule has 1 N–H and O–H groups in total. The summed E-state index contributed by atoms with van der Waals surface area (Å²) in [6.07, 6.45) is 0.615. The number of aryl methyl sites for hydroxylation is 1. The van der Waals surface area contributed by atoms with Crippen LogP contribution in [0.4, 0.5) is 0 Å². The molecule has 0 saturated heterocycles. The lowest BCUT2D eigenvalue weighted by Crippen LogP contribution is -2.40. The molecule has 1 aromatic heterocycles. The predicted molar refractivity (Wildman–Crippen MR) is 127 cm³/mol. The first-order valence-corrected chi connectivity index (χ1v) is 12.2. The van der Waals surface area contributed by atoms with E-state index in [4.69, 9.17) is 16.3 Å². The zero-order valence-corrected chi connectivity index (χ0v) is 19.4. The van der Waals surface area contributed by atoms with Crippen molar-refractivity contribution < 1.29 is 13.2 Å². The fraction of sp³-hybridized carbons (Fsp3) is 0.200. The second-order valence-electron chi connectivity index (χ2n) is 8.04. The Balaban J connectivity index is 1.73. The van der Waals surface area contributed by atoms with Crippen molar-refractivity contribution in [3.05, 3.63) is 94.1 Å². The average molecular weight is 467 g/mol. The second-order valence-corrected chi connectivity index (χ2v) is 10.3. The smallest absolute Gasteiger partial charge is 0.247 e. The number of rotatable bonds is 4. The normalized spacial score (nSPS) is 16.8. The van der Waals surface area contributed by atoms with Gasteiger partial charge in [-0.05, 0) is 48.7 Å². The first-order valence-electron chi connectivity index (χ1n) is 10.4. The molecule has 32 heavy (non-hydrogen) atoms. The van der Waals surface area contributed by atoms with Crippen molar-refractivity contribution in [1.82, 2.24) is 9.29 Å². The number of halogens is 1. The van der Waals surface area contributed by atoms with Gasteiger partial charge >= 0.3 is 0 Å². The van der Waals surface area contributed by atoms with Gasteiger partial charge in [-0.15, -0.1) is 0 Å². The van der Waals surface area contributed by atoms with E-state index in [0.717, 1.165) is 33.3 Å². The van der Waals surface area contributed by atoms with Crippen LogP contribution in [0.2, 0.25) is 5.02 Å². The summed E-state index contributed by atoms with van der Waals surface area (Å²) in [4.78, 5) is 3.58. The molecule has 0 aliphatic carbocycles. The fourth-order valence-corrected chi connectivity index (χ4v) is 6.55. The summed E-state index contributed by atoms with van der Waals surface area (Å²) in [6.45, 7) is 2.37. The molecule has 0 amide bonds. The number of aromatic amines is 1. The molecule has 0 bridgehead atoms. The summed E-state index contributed by atoms with van der Waals surface area (Å²) in [6, 6.07) is 20.3. The van der Waals surface area contributed by atoms with E-state index in [1.807, 2.05) is 49.4 Å². The number of ether oxygens (including phenoxy) is 1. The van der Waals surface area contributed by atoms with E-state index in [1.54, 1.807) is 16.4 Å². The molecule has 7 heteroatoms. The Morgan fingerprint density at radius 1 is 1.06 bits per heavy atom. The molecule has 0 radical (unpaired) electrons. The maximum Gasteiger partial charge on any atom is 0.247 e. The van der Waals surface area contributed by atoms with Gasteiger partial charge in [0, 0.05) is 28.2 Å². The third kappa shape index (κ3) is 3.39. The van der Waals surface area contributed by atoms with Crippen molar-refractivity contribution in [2.24, 2.45) is 0 Å². The zero-order valence-electron chi connectivity index (χ0n) is 17.8. The van der Waals surface area contributed by atoms with E-state index >= 15 is 0 Å². The lowest BCUT2D eigenvalue weighted by atomic mass is 9.94. The van der Waals surface area contributed by atoms with Crippen LogP contribution in [0.1, 0.15) is 28.4 Å². The van der Waals surface area contributed by atoms with Crippen LogP contribution >= 0.6 is 11.6 Å². The Kier molecular flexibility index (Phi) is 5.24. The molecule has 0 unspecified atom stereocenters. The highest BCUT2D eigenvalue weighted by molar-refractivity contribution is 7.89. The van der Waals surface area contributed by atoms with E-state index in [-0.39, 0.29) is 10.6 Å². The van der Waals surface area contributed by atoms with Crippen molar-refractivity contribution in [2.75, 3.05) is 13.7 Å². The highest BCUT2D eigenvalue weighted by atomic mass is 35.5. The van der Waals surface area contributed by atoms with Crippen LogP contribution in [0.3, 0.4) is 0 Å². The van der Waals surface area contributed by atoms with E-state index in [0.29, 0.717) is 18.0 Å². The number of nitrogens with one attached hydrogen (secondary N) is 1. The number of para-hydroxylation sites is 1. The number of nitrogens with zero attached hydrogens (tertiary/aromatic N) is 1. The molecule has 5 nitrogen and oxygen atoms in total.